The Hall–Kier alpha value is -2.08. The highest BCUT2D eigenvalue weighted by atomic mass is 32.1. The van der Waals surface area contributed by atoms with Crippen LogP contribution in [0.5, 0.6) is 0 Å². The van der Waals surface area contributed by atoms with Crippen molar-refractivity contribution in [3.05, 3.63) is 46.3 Å². The molecule has 5 nitrogen and oxygen atoms in total. The van der Waals surface area contributed by atoms with E-state index in [1.165, 1.54) is 4.88 Å². The lowest BCUT2D eigenvalue weighted by molar-refractivity contribution is 0.562. The standard InChI is InChI=1S/C19H29N5S/c1-5-20-19(21-13-15(2)12-17-9-7-11-25-17)22-14-16-8-6-10-18(23-16)24(3)4/h6-11,15H,5,12-14H2,1-4H3,(H2,20,21,22). The third-order valence-corrected chi connectivity index (χ3v) is 4.64. The van der Waals surface area contributed by atoms with Crippen molar-refractivity contribution in [1.82, 2.24) is 15.6 Å². The molecule has 0 aliphatic rings. The van der Waals surface area contributed by atoms with E-state index in [0.717, 1.165) is 37.0 Å². The van der Waals surface area contributed by atoms with E-state index in [4.69, 9.17) is 0 Å². The van der Waals surface area contributed by atoms with E-state index < -0.39 is 0 Å². The number of hydrogen-bond donors (Lipinski definition) is 2. The summed E-state index contributed by atoms with van der Waals surface area (Å²) in [6, 6.07) is 10.4. The Labute approximate surface area is 155 Å². The first-order chi connectivity index (χ1) is 12.1. The van der Waals surface area contributed by atoms with E-state index in [1.807, 2.05) is 48.5 Å². The molecule has 1 unspecified atom stereocenters. The number of hydrogen-bond acceptors (Lipinski definition) is 4. The molecule has 2 rings (SSSR count). The molecule has 0 saturated carbocycles. The number of thiophene rings is 1. The molecule has 2 N–H and O–H groups in total. The second kappa shape index (κ2) is 10.0. The zero-order chi connectivity index (χ0) is 18.1. The summed E-state index contributed by atoms with van der Waals surface area (Å²) in [6.45, 7) is 6.65. The summed E-state index contributed by atoms with van der Waals surface area (Å²) in [5, 5.41) is 8.89. The van der Waals surface area contributed by atoms with Crippen molar-refractivity contribution in [3.8, 4) is 0 Å². The summed E-state index contributed by atoms with van der Waals surface area (Å²) in [4.78, 5) is 12.7. The number of pyridine rings is 1. The predicted molar refractivity (Wildman–Crippen MR) is 109 cm³/mol. The molecule has 0 saturated heterocycles. The Morgan fingerprint density at radius 2 is 2.08 bits per heavy atom. The second-order valence-corrected chi connectivity index (χ2v) is 7.38. The average Bonchev–Trinajstić information content (AvgIpc) is 3.10. The molecule has 2 aromatic heterocycles. The maximum Gasteiger partial charge on any atom is 0.191 e. The van der Waals surface area contributed by atoms with Crippen LogP contribution >= 0.6 is 11.3 Å². The minimum atomic E-state index is 0.553. The van der Waals surface area contributed by atoms with E-state index in [9.17, 15) is 0 Å². The molecule has 0 spiro atoms. The van der Waals surface area contributed by atoms with Crippen LogP contribution < -0.4 is 15.5 Å². The first-order valence-corrected chi connectivity index (χ1v) is 9.64. The first-order valence-electron chi connectivity index (χ1n) is 8.76. The minimum absolute atomic E-state index is 0.553. The molecule has 25 heavy (non-hydrogen) atoms. The van der Waals surface area contributed by atoms with Gasteiger partial charge in [0.25, 0.3) is 0 Å². The van der Waals surface area contributed by atoms with Crippen molar-refractivity contribution in [2.45, 2.75) is 26.8 Å². The molecule has 136 valence electrons. The Morgan fingerprint density at radius 1 is 1.24 bits per heavy atom. The summed E-state index contributed by atoms with van der Waals surface area (Å²) >= 11 is 1.82. The number of anilines is 1. The smallest absolute Gasteiger partial charge is 0.191 e. The molecule has 0 radical (unpaired) electrons. The molecular weight excluding hydrogens is 330 g/mol. The van der Waals surface area contributed by atoms with Crippen molar-refractivity contribution >= 4 is 23.1 Å². The third-order valence-electron chi connectivity index (χ3n) is 3.74. The largest absolute Gasteiger partial charge is 0.363 e. The first kappa shape index (κ1) is 19.2. The van der Waals surface area contributed by atoms with Crippen LogP contribution in [0.25, 0.3) is 0 Å². The third kappa shape index (κ3) is 6.74. The Morgan fingerprint density at radius 3 is 2.76 bits per heavy atom. The number of rotatable bonds is 8. The van der Waals surface area contributed by atoms with E-state index in [0.29, 0.717) is 12.5 Å². The zero-order valence-electron chi connectivity index (χ0n) is 15.6. The van der Waals surface area contributed by atoms with Crippen LogP contribution in [0.1, 0.15) is 24.4 Å². The van der Waals surface area contributed by atoms with E-state index >= 15 is 0 Å². The van der Waals surface area contributed by atoms with Gasteiger partial charge in [0.15, 0.2) is 5.96 Å². The number of nitrogens with zero attached hydrogens (tertiary/aromatic N) is 3. The molecule has 0 aromatic carbocycles. The average molecular weight is 360 g/mol. The van der Waals surface area contributed by atoms with Crippen LogP contribution in [-0.4, -0.2) is 38.1 Å². The fourth-order valence-electron chi connectivity index (χ4n) is 2.42. The van der Waals surface area contributed by atoms with Gasteiger partial charge in [-0.15, -0.1) is 11.3 Å². The van der Waals surface area contributed by atoms with Gasteiger partial charge in [-0.3, -0.25) is 0 Å². The lowest BCUT2D eigenvalue weighted by Gasteiger charge is -2.15. The predicted octanol–water partition coefficient (Wildman–Crippen LogP) is 3.14. The lowest BCUT2D eigenvalue weighted by Crippen LogP contribution is -2.39. The van der Waals surface area contributed by atoms with Crippen molar-refractivity contribution < 1.29 is 0 Å². The quantitative estimate of drug-likeness (QED) is 0.562. The molecule has 1 atom stereocenters. The van der Waals surface area contributed by atoms with E-state index in [2.05, 4.69) is 52.0 Å². The van der Waals surface area contributed by atoms with Gasteiger partial charge in [0.2, 0.25) is 0 Å². The van der Waals surface area contributed by atoms with Crippen LogP contribution in [-0.2, 0) is 13.0 Å². The minimum Gasteiger partial charge on any atom is -0.363 e. The zero-order valence-corrected chi connectivity index (χ0v) is 16.4. The number of guanidine groups is 1. The number of aliphatic imine (C=N–C) groups is 1. The monoisotopic (exact) mass is 359 g/mol. The van der Waals surface area contributed by atoms with Crippen molar-refractivity contribution in [1.29, 1.82) is 0 Å². The highest BCUT2D eigenvalue weighted by molar-refractivity contribution is 7.09. The number of aromatic nitrogens is 1. The van der Waals surface area contributed by atoms with Crippen LogP contribution in [0.4, 0.5) is 5.82 Å². The highest BCUT2D eigenvalue weighted by Crippen LogP contribution is 2.13. The summed E-state index contributed by atoms with van der Waals surface area (Å²) in [5.74, 6) is 2.35. The van der Waals surface area contributed by atoms with Crippen LogP contribution in [0.3, 0.4) is 0 Å². The van der Waals surface area contributed by atoms with Gasteiger partial charge in [-0.25, -0.2) is 9.98 Å². The van der Waals surface area contributed by atoms with Gasteiger partial charge in [-0.05, 0) is 42.8 Å². The molecule has 6 heteroatoms. The maximum absolute atomic E-state index is 4.67. The lowest BCUT2D eigenvalue weighted by atomic mass is 10.1. The molecule has 0 aliphatic carbocycles. The van der Waals surface area contributed by atoms with Gasteiger partial charge in [0.05, 0.1) is 12.2 Å². The van der Waals surface area contributed by atoms with Crippen LogP contribution in [0.2, 0.25) is 0 Å². The summed E-state index contributed by atoms with van der Waals surface area (Å²) in [5.41, 5.74) is 0.968. The Kier molecular flexibility index (Phi) is 7.73. The summed E-state index contributed by atoms with van der Waals surface area (Å²) < 4.78 is 0. The summed E-state index contributed by atoms with van der Waals surface area (Å²) in [6.07, 6.45) is 1.09. The molecule has 0 amide bonds. The van der Waals surface area contributed by atoms with Gasteiger partial charge < -0.3 is 15.5 Å². The SMILES string of the molecule is CCNC(=NCc1cccc(N(C)C)n1)NCC(C)Cc1cccs1. The van der Waals surface area contributed by atoms with Crippen molar-refractivity contribution in [2.24, 2.45) is 10.9 Å². The van der Waals surface area contributed by atoms with Crippen LogP contribution in [0, 0.1) is 5.92 Å². The van der Waals surface area contributed by atoms with Crippen molar-refractivity contribution in [2.75, 3.05) is 32.1 Å². The Balaban J connectivity index is 1.90. The molecule has 2 heterocycles. The highest BCUT2D eigenvalue weighted by Gasteiger charge is 2.06. The van der Waals surface area contributed by atoms with Crippen molar-refractivity contribution in [3.63, 3.8) is 0 Å². The van der Waals surface area contributed by atoms with Gasteiger partial charge in [-0.2, -0.15) is 0 Å². The van der Waals surface area contributed by atoms with Gasteiger partial charge in [0.1, 0.15) is 5.82 Å². The number of nitrogens with one attached hydrogen (secondary N) is 2. The second-order valence-electron chi connectivity index (χ2n) is 6.35. The molecule has 0 fully saturated rings. The molecule has 2 aromatic rings. The maximum atomic E-state index is 4.67. The fourth-order valence-corrected chi connectivity index (χ4v) is 3.29. The summed E-state index contributed by atoms with van der Waals surface area (Å²) in [7, 11) is 3.99. The van der Waals surface area contributed by atoms with Crippen LogP contribution in [0.15, 0.2) is 40.7 Å². The van der Waals surface area contributed by atoms with Gasteiger partial charge in [-0.1, -0.05) is 19.1 Å². The van der Waals surface area contributed by atoms with Gasteiger partial charge >= 0.3 is 0 Å². The van der Waals surface area contributed by atoms with E-state index in [1.54, 1.807) is 0 Å². The van der Waals surface area contributed by atoms with E-state index in [-0.39, 0.29) is 0 Å². The Bertz CT molecular complexity index is 652. The normalized spacial score (nSPS) is 12.7. The fraction of sp³-hybridized carbons (Fsp3) is 0.474. The molecule has 0 bridgehead atoms. The van der Waals surface area contributed by atoms with Gasteiger partial charge in [0, 0.05) is 32.1 Å². The molecule has 0 aliphatic heterocycles. The topological polar surface area (TPSA) is 52.6 Å². The molecular formula is C19H29N5S.